The van der Waals surface area contributed by atoms with Crippen molar-refractivity contribution in [3.63, 3.8) is 0 Å². The normalized spacial score (nSPS) is 17.3. The smallest absolute Gasteiger partial charge is 0.191 e. The Bertz CT molecular complexity index is 516. The molecule has 0 saturated carbocycles. The average molecular weight is 397 g/mol. The maximum atomic E-state index is 5.83. The second-order valence-corrected chi connectivity index (χ2v) is 8.10. The number of aliphatic imine (C=N–C) groups is 1. The van der Waals surface area contributed by atoms with E-state index in [9.17, 15) is 0 Å². The molecule has 1 fully saturated rings. The summed E-state index contributed by atoms with van der Waals surface area (Å²) < 4.78 is 11.2. The molecule has 2 heterocycles. The Balaban J connectivity index is 1.68. The molecule has 1 aromatic heterocycles. The van der Waals surface area contributed by atoms with Gasteiger partial charge in [-0.25, -0.2) is 0 Å². The molecule has 0 aliphatic carbocycles. The van der Waals surface area contributed by atoms with Crippen LogP contribution in [0.2, 0.25) is 0 Å². The number of hydrogen-bond acceptors (Lipinski definition) is 5. The van der Waals surface area contributed by atoms with Gasteiger partial charge in [-0.15, -0.1) is 11.3 Å². The standard InChI is InChI=1S/C20H36N4O2S/c1-4-21-20(23-15-18(24(2)3)19-7-5-14-27-19)22-10-6-11-26-16-17-8-12-25-13-9-17/h5,7,14,17-18H,4,6,8-13,15-16H2,1-3H3,(H2,21,22,23). The summed E-state index contributed by atoms with van der Waals surface area (Å²) in [5.41, 5.74) is 0. The van der Waals surface area contributed by atoms with Gasteiger partial charge in [0.15, 0.2) is 5.96 Å². The molecule has 1 aromatic rings. The van der Waals surface area contributed by atoms with Crippen LogP contribution in [0.15, 0.2) is 22.5 Å². The number of hydrogen-bond donors (Lipinski definition) is 2. The van der Waals surface area contributed by atoms with Crippen molar-refractivity contribution in [2.75, 3.05) is 60.2 Å². The van der Waals surface area contributed by atoms with E-state index in [-0.39, 0.29) is 0 Å². The predicted octanol–water partition coefficient (Wildman–Crippen LogP) is 2.74. The Morgan fingerprint density at radius 3 is 2.85 bits per heavy atom. The molecule has 1 aliphatic heterocycles. The molecule has 27 heavy (non-hydrogen) atoms. The molecule has 1 aliphatic rings. The van der Waals surface area contributed by atoms with Gasteiger partial charge in [0.05, 0.1) is 12.6 Å². The zero-order valence-electron chi connectivity index (χ0n) is 17.1. The average Bonchev–Trinajstić information content (AvgIpc) is 3.19. The molecule has 1 atom stereocenters. The van der Waals surface area contributed by atoms with Crippen molar-refractivity contribution in [1.29, 1.82) is 0 Å². The molecule has 2 rings (SSSR count). The minimum atomic E-state index is 0.309. The number of rotatable bonds is 11. The molecule has 0 aromatic carbocycles. The third-order valence-corrected chi connectivity index (χ3v) is 5.69. The molecule has 6 nitrogen and oxygen atoms in total. The molecule has 1 unspecified atom stereocenters. The van der Waals surface area contributed by atoms with Crippen LogP contribution in [0.25, 0.3) is 0 Å². The van der Waals surface area contributed by atoms with Crippen LogP contribution in [0, 0.1) is 5.92 Å². The van der Waals surface area contributed by atoms with E-state index in [2.05, 4.69) is 54.1 Å². The van der Waals surface area contributed by atoms with Crippen molar-refractivity contribution in [2.24, 2.45) is 10.9 Å². The van der Waals surface area contributed by atoms with Gasteiger partial charge in [-0.1, -0.05) is 6.07 Å². The summed E-state index contributed by atoms with van der Waals surface area (Å²) in [6, 6.07) is 4.59. The van der Waals surface area contributed by atoms with Crippen molar-refractivity contribution in [3.05, 3.63) is 22.4 Å². The molecule has 0 spiro atoms. The molecule has 0 bridgehead atoms. The van der Waals surface area contributed by atoms with E-state index >= 15 is 0 Å². The summed E-state index contributed by atoms with van der Waals surface area (Å²) in [6.07, 6.45) is 3.25. The van der Waals surface area contributed by atoms with Crippen molar-refractivity contribution < 1.29 is 9.47 Å². The van der Waals surface area contributed by atoms with Crippen molar-refractivity contribution in [3.8, 4) is 0 Å². The fraction of sp³-hybridized carbons (Fsp3) is 0.750. The fourth-order valence-electron chi connectivity index (χ4n) is 3.05. The Labute approximate surface area is 168 Å². The number of likely N-dealkylation sites (N-methyl/N-ethyl adjacent to an activating group) is 1. The van der Waals surface area contributed by atoms with Gasteiger partial charge in [-0.05, 0) is 57.6 Å². The summed E-state index contributed by atoms with van der Waals surface area (Å²) in [6.45, 7) is 7.99. The number of ether oxygens (including phenoxy) is 2. The van der Waals surface area contributed by atoms with Gasteiger partial charge in [0.2, 0.25) is 0 Å². The SMILES string of the molecule is CCNC(=NCC(c1cccs1)N(C)C)NCCCOCC1CCOCC1. The lowest BCUT2D eigenvalue weighted by Crippen LogP contribution is -2.38. The van der Waals surface area contributed by atoms with E-state index in [1.807, 2.05) is 0 Å². The lowest BCUT2D eigenvalue weighted by Gasteiger charge is -2.22. The lowest BCUT2D eigenvalue weighted by molar-refractivity contribution is 0.0203. The van der Waals surface area contributed by atoms with Crippen LogP contribution in [0.4, 0.5) is 0 Å². The molecular weight excluding hydrogens is 360 g/mol. The zero-order chi connectivity index (χ0) is 19.3. The van der Waals surface area contributed by atoms with Crippen LogP contribution in [0.5, 0.6) is 0 Å². The van der Waals surface area contributed by atoms with E-state index in [0.717, 1.165) is 71.3 Å². The summed E-state index contributed by atoms with van der Waals surface area (Å²) in [4.78, 5) is 8.36. The molecule has 2 N–H and O–H groups in total. The Morgan fingerprint density at radius 1 is 1.37 bits per heavy atom. The minimum Gasteiger partial charge on any atom is -0.381 e. The second-order valence-electron chi connectivity index (χ2n) is 7.13. The topological polar surface area (TPSA) is 58.1 Å². The first-order valence-electron chi connectivity index (χ1n) is 10.1. The molecular formula is C20H36N4O2S. The van der Waals surface area contributed by atoms with Gasteiger partial charge < -0.3 is 25.0 Å². The van der Waals surface area contributed by atoms with Gasteiger partial charge in [0.1, 0.15) is 0 Å². The summed E-state index contributed by atoms with van der Waals surface area (Å²) in [7, 11) is 4.21. The maximum absolute atomic E-state index is 5.83. The first-order valence-corrected chi connectivity index (χ1v) is 11.0. The number of guanidine groups is 1. The van der Waals surface area contributed by atoms with Crippen molar-refractivity contribution >= 4 is 17.3 Å². The summed E-state index contributed by atoms with van der Waals surface area (Å²) >= 11 is 1.79. The van der Waals surface area contributed by atoms with Gasteiger partial charge in [0.25, 0.3) is 0 Å². The zero-order valence-corrected chi connectivity index (χ0v) is 17.9. The molecule has 0 amide bonds. The van der Waals surface area contributed by atoms with E-state index in [1.54, 1.807) is 11.3 Å². The first kappa shape index (κ1) is 22.1. The van der Waals surface area contributed by atoms with E-state index in [4.69, 9.17) is 14.5 Å². The molecule has 154 valence electrons. The third-order valence-electron chi connectivity index (χ3n) is 4.71. The van der Waals surface area contributed by atoms with Gasteiger partial charge in [-0.2, -0.15) is 0 Å². The minimum absolute atomic E-state index is 0.309. The quantitative estimate of drug-likeness (QED) is 0.342. The number of nitrogens with zero attached hydrogens (tertiary/aromatic N) is 2. The monoisotopic (exact) mass is 396 g/mol. The van der Waals surface area contributed by atoms with Crippen LogP contribution in [-0.4, -0.2) is 71.0 Å². The highest BCUT2D eigenvalue weighted by Crippen LogP contribution is 2.23. The van der Waals surface area contributed by atoms with Crippen LogP contribution in [-0.2, 0) is 9.47 Å². The highest BCUT2D eigenvalue weighted by Gasteiger charge is 2.15. The van der Waals surface area contributed by atoms with Crippen molar-refractivity contribution in [1.82, 2.24) is 15.5 Å². The highest BCUT2D eigenvalue weighted by molar-refractivity contribution is 7.10. The highest BCUT2D eigenvalue weighted by atomic mass is 32.1. The molecule has 1 saturated heterocycles. The summed E-state index contributed by atoms with van der Waals surface area (Å²) in [5.74, 6) is 1.55. The van der Waals surface area contributed by atoms with Gasteiger partial charge in [0, 0.05) is 44.4 Å². The van der Waals surface area contributed by atoms with Crippen LogP contribution >= 0.6 is 11.3 Å². The van der Waals surface area contributed by atoms with Crippen LogP contribution in [0.1, 0.15) is 37.1 Å². The Hall–Kier alpha value is -1.15. The molecule has 0 radical (unpaired) electrons. The largest absolute Gasteiger partial charge is 0.381 e. The van der Waals surface area contributed by atoms with Crippen molar-refractivity contribution in [2.45, 2.75) is 32.2 Å². The van der Waals surface area contributed by atoms with Gasteiger partial charge in [-0.3, -0.25) is 4.99 Å². The van der Waals surface area contributed by atoms with Crippen LogP contribution < -0.4 is 10.6 Å². The predicted molar refractivity (Wildman–Crippen MR) is 114 cm³/mol. The Morgan fingerprint density at radius 2 is 2.19 bits per heavy atom. The van der Waals surface area contributed by atoms with Gasteiger partial charge >= 0.3 is 0 Å². The lowest BCUT2D eigenvalue weighted by atomic mass is 10.0. The number of thiophene rings is 1. The third kappa shape index (κ3) is 8.60. The number of nitrogens with one attached hydrogen (secondary N) is 2. The van der Waals surface area contributed by atoms with E-state index in [0.29, 0.717) is 12.0 Å². The Kier molecular flexibility index (Phi) is 10.7. The second kappa shape index (κ2) is 13.1. The van der Waals surface area contributed by atoms with Crippen LogP contribution in [0.3, 0.4) is 0 Å². The van der Waals surface area contributed by atoms with E-state index in [1.165, 1.54) is 4.88 Å². The fourth-order valence-corrected chi connectivity index (χ4v) is 3.97. The maximum Gasteiger partial charge on any atom is 0.191 e. The first-order chi connectivity index (χ1) is 13.2. The van der Waals surface area contributed by atoms with E-state index < -0.39 is 0 Å². The summed E-state index contributed by atoms with van der Waals surface area (Å²) in [5, 5.41) is 8.88. The molecule has 7 heteroatoms.